The second-order valence-corrected chi connectivity index (χ2v) is 9.56. The van der Waals surface area contributed by atoms with Crippen LogP contribution in [0.5, 0.6) is 0 Å². The van der Waals surface area contributed by atoms with E-state index < -0.39 is 18.8 Å². The Hall–Kier alpha value is -1.04. The standard InChI is InChI=1S/C21H30O5/c1-20-6-5-11(23)7-15(20)16(24)8-12-13-3-4-14(18(26)10-22)21(13,2)9-17(25)19(12)20/h7,12-14,16-17,19,22,24-25H,3-6,8-10H2,1-2H3/t12-,13-,14+,16+,17-,19?,20-,21-/m0/s1. The molecule has 0 bridgehead atoms. The molecule has 0 amide bonds. The van der Waals surface area contributed by atoms with Gasteiger partial charge in [0.2, 0.25) is 0 Å². The van der Waals surface area contributed by atoms with Crippen molar-refractivity contribution in [2.24, 2.45) is 34.5 Å². The number of fused-ring (bicyclic) bond motifs is 5. The van der Waals surface area contributed by atoms with Crippen molar-refractivity contribution in [2.45, 2.75) is 64.6 Å². The fourth-order valence-corrected chi connectivity index (χ4v) is 7.38. The predicted molar refractivity (Wildman–Crippen MR) is 95.1 cm³/mol. The molecule has 3 fully saturated rings. The molecule has 4 aliphatic rings. The minimum absolute atomic E-state index is 0.0197. The molecule has 8 atom stereocenters. The summed E-state index contributed by atoms with van der Waals surface area (Å²) in [6.45, 7) is 3.75. The highest BCUT2D eigenvalue weighted by atomic mass is 16.3. The number of carbonyl (C=O) groups is 2. The summed E-state index contributed by atoms with van der Waals surface area (Å²) in [6, 6.07) is 0. The molecule has 0 aromatic heterocycles. The molecule has 4 aliphatic carbocycles. The number of Topliss-reactive ketones (excluding diaryl/α,β-unsaturated/α-hetero) is 1. The van der Waals surface area contributed by atoms with Gasteiger partial charge in [-0.05, 0) is 72.3 Å². The Bertz CT molecular complexity index is 669. The van der Waals surface area contributed by atoms with Crippen LogP contribution in [-0.2, 0) is 9.59 Å². The lowest BCUT2D eigenvalue weighted by atomic mass is 9.45. The second-order valence-electron chi connectivity index (χ2n) is 9.56. The van der Waals surface area contributed by atoms with Gasteiger partial charge < -0.3 is 15.3 Å². The van der Waals surface area contributed by atoms with E-state index in [0.29, 0.717) is 25.7 Å². The van der Waals surface area contributed by atoms with E-state index in [4.69, 9.17) is 0 Å². The van der Waals surface area contributed by atoms with Gasteiger partial charge >= 0.3 is 0 Å². The summed E-state index contributed by atoms with van der Waals surface area (Å²) in [5.41, 5.74) is 0.136. The maximum Gasteiger partial charge on any atom is 0.161 e. The van der Waals surface area contributed by atoms with E-state index in [0.717, 1.165) is 18.4 Å². The summed E-state index contributed by atoms with van der Waals surface area (Å²) in [6.07, 6.45) is 4.34. The van der Waals surface area contributed by atoms with Crippen molar-refractivity contribution < 1.29 is 24.9 Å². The highest BCUT2D eigenvalue weighted by Crippen LogP contribution is 2.66. The SMILES string of the molecule is C[C@]12C[C@H](O)C3[C@@H](C[C@@H](O)C4=CC(=O)CC[C@@]43C)[C@@H]1CC[C@@H]2C(=O)CO. The van der Waals surface area contributed by atoms with E-state index >= 15 is 0 Å². The summed E-state index contributed by atoms with van der Waals surface area (Å²) in [5, 5.41) is 31.4. The Labute approximate surface area is 154 Å². The monoisotopic (exact) mass is 362 g/mol. The molecule has 1 unspecified atom stereocenters. The summed E-state index contributed by atoms with van der Waals surface area (Å²) in [4.78, 5) is 24.2. The highest BCUT2D eigenvalue weighted by molar-refractivity contribution is 5.92. The molecule has 0 aromatic carbocycles. The highest BCUT2D eigenvalue weighted by Gasteiger charge is 2.64. The van der Waals surface area contributed by atoms with E-state index in [2.05, 4.69) is 13.8 Å². The number of rotatable bonds is 2. The largest absolute Gasteiger partial charge is 0.393 e. The van der Waals surface area contributed by atoms with Gasteiger partial charge in [-0.25, -0.2) is 0 Å². The molecule has 4 rings (SSSR count). The zero-order chi connectivity index (χ0) is 18.9. The lowest BCUT2D eigenvalue weighted by Gasteiger charge is -2.60. The second kappa shape index (κ2) is 5.98. The third-order valence-corrected chi connectivity index (χ3v) is 8.45. The van der Waals surface area contributed by atoms with Crippen molar-refractivity contribution in [1.82, 2.24) is 0 Å². The van der Waals surface area contributed by atoms with Gasteiger partial charge in [-0.3, -0.25) is 9.59 Å². The molecule has 26 heavy (non-hydrogen) atoms. The van der Waals surface area contributed by atoms with Crippen LogP contribution in [0.4, 0.5) is 0 Å². The maximum absolute atomic E-state index is 12.3. The molecule has 5 heteroatoms. The number of hydrogen-bond donors (Lipinski definition) is 3. The molecule has 3 N–H and O–H groups in total. The molecule has 0 saturated heterocycles. The predicted octanol–water partition coefficient (Wildman–Crippen LogP) is 1.64. The first kappa shape index (κ1) is 18.3. The fourth-order valence-electron chi connectivity index (χ4n) is 7.38. The lowest BCUT2D eigenvalue weighted by molar-refractivity contribution is -0.154. The average Bonchev–Trinajstić information content (AvgIpc) is 2.92. The Morgan fingerprint density at radius 1 is 1.27 bits per heavy atom. The van der Waals surface area contributed by atoms with Crippen LogP contribution in [-0.4, -0.2) is 45.7 Å². The first-order chi connectivity index (χ1) is 12.2. The van der Waals surface area contributed by atoms with Gasteiger partial charge in [0.05, 0.1) is 12.2 Å². The van der Waals surface area contributed by atoms with Crippen LogP contribution < -0.4 is 0 Å². The molecule has 3 saturated carbocycles. The summed E-state index contributed by atoms with van der Waals surface area (Å²) >= 11 is 0. The summed E-state index contributed by atoms with van der Waals surface area (Å²) < 4.78 is 0. The van der Waals surface area contributed by atoms with Crippen LogP contribution in [0.3, 0.4) is 0 Å². The van der Waals surface area contributed by atoms with Gasteiger partial charge in [-0.2, -0.15) is 0 Å². The van der Waals surface area contributed by atoms with Crippen molar-refractivity contribution in [1.29, 1.82) is 0 Å². The Balaban J connectivity index is 1.74. The number of carbonyl (C=O) groups excluding carboxylic acids is 2. The Morgan fingerprint density at radius 3 is 2.69 bits per heavy atom. The minimum atomic E-state index is -0.646. The van der Waals surface area contributed by atoms with Crippen LogP contribution >= 0.6 is 0 Å². The van der Waals surface area contributed by atoms with Crippen molar-refractivity contribution in [3.05, 3.63) is 11.6 Å². The molecule has 0 spiro atoms. The lowest BCUT2D eigenvalue weighted by Crippen LogP contribution is -2.59. The maximum atomic E-state index is 12.3. The quantitative estimate of drug-likeness (QED) is 0.694. The third-order valence-electron chi connectivity index (χ3n) is 8.45. The van der Waals surface area contributed by atoms with Gasteiger partial charge in [0, 0.05) is 12.3 Å². The normalized spacial score (nSPS) is 50.5. The van der Waals surface area contributed by atoms with Gasteiger partial charge in [-0.15, -0.1) is 0 Å². The van der Waals surface area contributed by atoms with Crippen LogP contribution in [0.1, 0.15) is 52.4 Å². The molecular formula is C21H30O5. The van der Waals surface area contributed by atoms with Gasteiger partial charge in [-0.1, -0.05) is 13.8 Å². The van der Waals surface area contributed by atoms with Gasteiger partial charge in [0.15, 0.2) is 11.6 Å². The van der Waals surface area contributed by atoms with Crippen LogP contribution in [0, 0.1) is 34.5 Å². The van der Waals surface area contributed by atoms with Gasteiger partial charge in [0.25, 0.3) is 0 Å². The number of hydrogen-bond acceptors (Lipinski definition) is 5. The van der Waals surface area contributed by atoms with Crippen LogP contribution in [0.2, 0.25) is 0 Å². The Kier molecular flexibility index (Phi) is 4.22. The fraction of sp³-hybridized carbons (Fsp3) is 0.810. The van der Waals surface area contributed by atoms with Gasteiger partial charge in [0.1, 0.15) is 6.61 Å². The zero-order valence-corrected chi connectivity index (χ0v) is 15.6. The zero-order valence-electron chi connectivity index (χ0n) is 15.6. The minimum Gasteiger partial charge on any atom is -0.393 e. The topological polar surface area (TPSA) is 94.8 Å². The first-order valence-electron chi connectivity index (χ1n) is 9.97. The van der Waals surface area contributed by atoms with E-state index in [1.165, 1.54) is 0 Å². The van der Waals surface area contributed by atoms with E-state index in [-0.39, 0.29) is 46.1 Å². The van der Waals surface area contributed by atoms with Crippen LogP contribution in [0.15, 0.2) is 11.6 Å². The number of aliphatic hydroxyl groups excluding tert-OH is 3. The van der Waals surface area contributed by atoms with Crippen molar-refractivity contribution in [3.8, 4) is 0 Å². The number of ketones is 2. The van der Waals surface area contributed by atoms with E-state index in [9.17, 15) is 24.9 Å². The Morgan fingerprint density at radius 2 is 2.00 bits per heavy atom. The average molecular weight is 362 g/mol. The number of aliphatic hydroxyl groups is 3. The van der Waals surface area contributed by atoms with Crippen molar-refractivity contribution in [3.63, 3.8) is 0 Å². The molecule has 0 aromatic rings. The smallest absolute Gasteiger partial charge is 0.161 e. The molecular weight excluding hydrogens is 332 g/mol. The first-order valence-corrected chi connectivity index (χ1v) is 9.97. The summed E-state index contributed by atoms with van der Waals surface area (Å²) in [7, 11) is 0. The molecule has 5 nitrogen and oxygen atoms in total. The third kappa shape index (κ3) is 2.33. The molecule has 0 aliphatic heterocycles. The van der Waals surface area contributed by atoms with Crippen LogP contribution in [0.25, 0.3) is 0 Å². The van der Waals surface area contributed by atoms with Crippen molar-refractivity contribution >= 4 is 11.6 Å². The molecule has 0 heterocycles. The van der Waals surface area contributed by atoms with E-state index in [1.54, 1.807) is 6.08 Å². The van der Waals surface area contributed by atoms with E-state index in [1.807, 2.05) is 0 Å². The van der Waals surface area contributed by atoms with Crippen molar-refractivity contribution in [2.75, 3.05) is 6.61 Å². The summed E-state index contributed by atoms with van der Waals surface area (Å²) in [5.74, 6) is 0.175. The molecule has 144 valence electrons. The molecule has 0 radical (unpaired) electrons.